The molecule has 5 aromatic carbocycles. The van der Waals surface area contributed by atoms with Gasteiger partial charge in [0.2, 0.25) is 0 Å². The van der Waals surface area contributed by atoms with E-state index >= 15 is 0 Å². The van der Waals surface area contributed by atoms with Gasteiger partial charge in [0.05, 0.1) is 0 Å². The van der Waals surface area contributed by atoms with Gasteiger partial charge in [-0.1, -0.05) is 6.07 Å². The first-order valence-electron chi connectivity index (χ1n) is 13.5. The second kappa shape index (κ2) is 11.8. The maximum Gasteiger partial charge on any atom is 0.123 e. The topological polar surface area (TPSA) is 202 Å². The minimum absolute atomic E-state index is 0.0378. The van der Waals surface area contributed by atoms with E-state index in [9.17, 15) is 51.1 Å². The Hall–Kier alpha value is -5.90. The van der Waals surface area contributed by atoms with Gasteiger partial charge in [0, 0.05) is 58.9 Å². The number of hydrogen-bond acceptors (Lipinski definition) is 10. The Bertz CT molecular complexity index is 1790. The van der Waals surface area contributed by atoms with Crippen molar-refractivity contribution in [1.29, 1.82) is 0 Å². The molecule has 10 heteroatoms. The van der Waals surface area contributed by atoms with E-state index in [1.165, 1.54) is 54.6 Å². The highest BCUT2D eigenvalue weighted by molar-refractivity contribution is 5.57. The van der Waals surface area contributed by atoms with Crippen LogP contribution in [0.15, 0.2) is 84.9 Å². The van der Waals surface area contributed by atoms with Gasteiger partial charge in [0.25, 0.3) is 0 Å². The Morgan fingerprint density at radius 3 is 1.23 bits per heavy atom. The maximum absolute atomic E-state index is 11.1. The molecule has 0 fully saturated rings. The Morgan fingerprint density at radius 2 is 0.750 bits per heavy atom. The quantitative estimate of drug-likeness (QED) is 0.109. The smallest absolute Gasteiger partial charge is 0.123 e. The third-order valence-electron chi connectivity index (χ3n) is 7.45. The molecule has 10 nitrogen and oxygen atoms in total. The van der Waals surface area contributed by atoms with Gasteiger partial charge in [-0.25, -0.2) is 0 Å². The van der Waals surface area contributed by atoms with E-state index in [1.807, 2.05) is 0 Å². The van der Waals surface area contributed by atoms with Crippen molar-refractivity contribution < 1.29 is 51.1 Å². The number of phenols is 10. The summed E-state index contributed by atoms with van der Waals surface area (Å²) in [6.45, 7) is 0. The largest absolute Gasteiger partial charge is 0.508 e. The average molecular weight is 599 g/mol. The first-order valence-corrected chi connectivity index (χ1v) is 13.5. The number of rotatable bonds is 8. The van der Waals surface area contributed by atoms with Crippen molar-refractivity contribution in [3.8, 4) is 57.5 Å². The second-order valence-corrected chi connectivity index (χ2v) is 10.7. The average Bonchev–Trinajstić information content (AvgIpc) is 2.90. The lowest BCUT2D eigenvalue weighted by molar-refractivity contribution is 0.431. The molecule has 0 saturated heterocycles. The molecule has 0 bridgehead atoms. The summed E-state index contributed by atoms with van der Waals surface area (Å²) in [5.74, 6) is -4.16. The van der Waals surface area contributed by atoms with Crippen LogP contribution in [0, 0.1) is 0 Å². The van der Waals surface area contributed by atoms with Gasteiger partial charge >= 0.3 is 0 Å². The highest BCUT2D eigenvalue weighted by atomic mass is 16.3. The van der Waals surface area contributed by atoms with Crippen LogP contribution in [0.3, 0.4) is 0 Å². The van der Waals surface area contributed by atoms with Crippen LogP contribution in [-0.4, -0.2) is 51.1 Å². The van der Waals surface area contributed by atoms with E-state index in [0.717, 1.165) is 30.3 Å². The lowest BCUT2D eigenvalue weighted by Gasteiger charge is -2.25. The van der Waals surface area contributed by atoms with Crippen molar-refractivity contribution >= 4 is 0 Å². The molecule has 0 heterocycles. The van der Waals surface area contributed by atoms with Crippen molar-refractivity contribution in [3.63, 3.8) is 0 Å². The van der Waals surface area contributed by atoms with Gasteiger partial charge in [-0.3, -0.25) is 0 Å². The molecule has 44 heavy (non-hydrogen) atoms. The molecule has 5 aromatic rings. The summed E-state index contributed by atoms with van der Waals surface area (Å²) in [5.41, 5.74) is 1.98. The lowest BCUT2D eigenvalue weighted by atomic mass is 9.80. The van der Waals surface area contributed by atoms with Crippen LogP contribution >= 0.6 is 0 Å². The molecule has 0 aromatic heterocycles. The standard InChI is InChI=1S/C34H30O10/c35-20-1-2-27(32(42)14-20)29(8-18-5-23(38)12-24(39)6-18)31-15-30(33(43)16-34(31)44)28(19-9-25(40)13-26(41)10-19)7-17-3-21(36)11-22(37)4-17/h1-6,9-16,28-29,35-44H,7-8H2. The summed E-state index contributed by atoms with van der Waals surface area (Å²) in [6.07, 6.45) is 0.0915. The van der Waals surface area contributed by atoms with Crippen molar-refractivity contribution in [2.24, 2.45) is 0 Å². The summed E-state index contributed by atoms with van der Waals surface area (Å²) in [4.78, 5) is 0. The summed E-state index contributed by atoms with van der Waals surface area (Å²) in [6, 6.07) is 18.4. The van der Waals surface area contributed by atoms with Crippen LogP contribution in [-0.2, 0) is 12.8 Å². The van der Waals surface area contributed by atoms with Gasteiger partial charge in [0.1, 0.15) is 57.5 Å². The molecule has 0 spiro atoms. The molecule has 0 aliphatic heterocycles. The Kier molecular flexibility index (Phi) is 7.91. The Morgan fingerprint density at radius 1 is 0.341 bits per heavy atom. The maximum atomic E-state index is 11.1. The molecule has 5 rings (SSSR count). The Balaban J connectivity index is 1.71. The van der Waals surface area contributed by atoms with Gasteiger partial charge < -0.3 is 51.1 Å². The zero-order valence-corrected chi connectivity index (χ0v) is 23.1. The third kappa shape index (κ3) is 6.44. The fourth-order valence-electron chi connectivity index (χ4n) is 5.63. The predicted molar refractivity (Wildman–Crippen MR) is 160 cm³/mol. The van der Waals surface area contributed by atoms with E-state index in [1.54, 1.807) is 0 Å². The van der Waals surface area contributed by atoms with Gasteiger partial charge in [-0.15, -0.1) is 0 Å². The van der Waals surface area contributed by atoms with Crippen LogP contribution in [0.5, 0.6) is 57.5 Å². The number of hydrogen-bond donors (Lipinski definition) is 10. The zero-order valence-electron chi connectivity index (χ0n) is 23.1. The molecule has 2 unspecified atom stereocenters. The number of benzene rings is 5. The first kappa shape index (κ1) is 29.6. The molecular weight excluding hydrogens is 568 g/mol. The van der Waals surface area contributed by atoms with Crippen LogP contribution in [0.4, 0.5) is 0 Å². The molecule has 0 aliphatic carbocycles. The minimum atomic E-state index is -0.848. The van der Waals surface area contributed by atoms with E-state index in [0.29, 0.717) is 16.7 Å². The summed E-state index contributed by atoms with van der Waals surface area (Å²) >= 11 is 0. The van der Waals surface area contributed by atoms with Gasteiger partial charge in [-0.05, 0) is 78.1 Å². The van der Waals surface area contributed by atoms with Gasteiger partial charge in [-0.2, -0.15) is 0 Å². The van der Waals surface area contributed by atoms with E-state index < -0.39 is 11.8 Å². The van der Waals surface area contributed by atoms with Crippen LogP contribution in [0.25, 0.3) is 0 Å². The molecule has 2 atom stereocenters. The van der Waals surface area contributed by atoms with Crippen LogP contribution in [0.1, 0.15) is 45.2 Å². The summed E-state index contributed by atoms with van der Waals surface area (Å²) in [5, 5.41) is 104. The van der Waals surface area contributed by atoms with Crippen molar-refractivity contribution in [1.82, 2.24) is 0 Å². The molecule has 0 saturated carbocycles. The Labute approximate surface area is 251 Å². The van der Waals surface area contributed by atoms with Gasteiger partial charge in [0.15, 0.2) is 0 Å². The molecule has 226 valence electrons. The van der Waals surface area contributed by atoms with E-state index in [4.69, 9.17) is 0 Å². The van der Waals surface area contributed by atoms with Crippen LogP contribution < -0.4 is 0 Å². The SMILES string of the molecule is Oc1cc(O)cc(CC(c2cc(O)cc(O)c2)c2cc(C(Cc3cc(O)cc(O)c3)c3ccc(O)cc3O)c(O)cc2O)c1. The fourth-order valence-corrected chi connectivity index (χ4v) is 5.63. The normalized spacial score (nSPS) is 12.5. The molecule has 10 N–H and O–H groups in total. The second-order valence-electron chi connectivity index (χ2n) is 10.7. The minimum Gasteiger partial charge on any atom is -0.508 e. The monoisotopic (exact) mass is 598 g/mol. The number of phenolic OH excluding ortho intramolecular Hbond substituents is 10. The first-order chi connectivity index (χ1) is 20.9. The third-order valence-corrected chi connectivity index (χ3v) is 7.45. The lowest BCUT2D eigenvalue weighted by Crippen LogP contribution is -2.10. The molecular formula is C34H30O10. The van der Waals surface area contributed by atoms with Crippen molar-refractivity contribution in [3.05, 3.63) is 118 Å². The highest BCUT2D eigenvalue weighted by Gasteiger charge is 2.27. The predicted octanol–water partition coefficient (Wildman–Crippen LogP) is 5.49. The number of aromatic hydroxyl groups is 10. The van der Waals surface area contributed by atoms with Crippen molar-refractivity contribution in [2.75, 3.05) is 0 Å². The molecule has 0 aliphatic rings. The molecule has 0 amide bonds. The molecule has 0 radical (unpaired) electrons. The highest BCUT2D eigenvalue weighted by Crippen LogP contribution is 2.46. The van der Waals surface area contributed by atoms with E-state index in [-0.39, 0.29) is 87.0 Å². The summed E-state index contributed by atoms with van der Waals surface area (Å²) < 4.78 is 0. The fraction of sp³-hybridized carbons (Fsp3) is 0.118. The van der Waals surface area contributed by atoms with Crippen LogP contribution in [0.2, 0.25) is 0 Å². The van der Waals surface area contributed by atoms with E-state index in [2.05, 4.69) is 0 Å². The van der Waals surface area contributed by atoms with Crippen molar-refractivity contribution in [2.45, 2.75) is 24.7 Å². The zero-order chi connectivity index (χ0) is 31.7. The summed E-state index contributed by atoms with van der Waals surface area (Å²) in [7, 11) is 0.